The molecular formula is C23H32N2O6. The first-order chi connectivity index (χ1) is 14.8. The molecule has 0 saturated carbocycles. The molecule has 1 aromatic carbocycles. The summed E-state index contributed by atoms with van der Waals surface area (Å²) in [5.41, 5.74) is 0.970. The topological polar surface area (TPSA) is 133 Å². The van der Waals surface area contributed by atoms with Gasteiger partial charge in [0.25, 0.3) is 0 Å². The van der Waals surface area contributed by atoms with Gasteiger partial charge in [0, 0.05) is 24.0 Å². The molecule has 3 atom stereocenters. The minimum atomic E-state index is -0.560. The fraction of sp³-hybridized carbons (Fsp3) is 0.565. The van der Waals surface area contributed by atoms with Crippen LogP contribution in [-0.4, -0.2) is 58.4 Å². The number of carbonyl (C=O) groups is 4. The van der Waals surface area contributed by atoms with Gasteiger partial charge in [-0.1, -0.05) is 37.1 Å². The van der Waals surface area contributed by atoms with Crippen LogP contribution in [0.4, 0.5) is 0 Å². The van der Waals surface area contributed by atoms with Crippen LogP contribution in [0.15, 0.2) is 24.3 Å². The first kappa shape index (κ1) is 24.7. The van der Waals surface area contributed by atoms with Crippen molar-refractivity contribution in [3.05, 3.63) is 35.4 Å². The van der Waals surface area contributed by atoms with E-state index in [4.69, 9.17) is 10.2 Å². The first-order valence-electron chi connectivity index (χ1n) is 10.9. The van der Waals surface area contributed by atoms with Gasteiger partial charge in [-0.25, -0.2) is 0 Å². The number of benzene rings is 1. The third-order valence-corrected chi connectivity index (χ3v) is 5.31. The Hall–Kier alpha value is -2.58. The Morgan fingerprint density at radius 2 is 1.23 bits per heavy atom. The molecular weight excluding hydrogens is 400 g/mol. The number of carbonyl (C=O) groups excluding carboxylic acids is 4. The van der Waals surface area contributed by atoms with Crippen LogP contribution < -0.4 is 10.6 Å². The fourth-order valence-corrected chi connectivity index (χ4v) is 3.54. The molecule has 0 radical (unpaired) electrons. The Morgan fingerprint density at radius 1 is 0.871 bits per heavy atom. The third-order valence-electron chi connectivity index (χ3n) is 5.31. The van der Waals surface area contributed by atoms with Gasteiger partial charge < -0.3 is 20.8 Å². The highest BCUT2D eigenvalue weighted by Crippen LogP contribution is 2.17. The van der Waals surface area contributed by atoms with Crippen molar-refractivity contribution in [2.24, 2.45) is 0 Å². The number of aliphatic hydroxyl groups excluding tert-OH is 2. The van der Waals surface area contributed by atoms with Gasteiger partial charge in [0.15, 0.2) is 11.6 Å². The summed E-state index contributed by atoms with van der Waals surface area (Å²) >= 11 is 0. The van der Waals surface area contributed by atoms with Crippen LogP contribution >= 0.6 is 0 Å². The van der Waals surface area contributed by atoms with Crippen LogP contribution in [-0.2, 0) is 9.59 Å². The molecule has 8 nitrogen and oxygen atoms in total. The second-order valence-corrected chi connectivity index (χ2v) is 8.07. The second-order valence-electron chi connectivity index (χ2n) is 8.07. The lowest BCUT2D eigenvalue weighted by atomic mass is 9.96. The van der Waals surface area contributed by atoms with E-state index < -0.39 is 18.2 Å². The van der Waals surface area contributed by atoms with Gasteiger partial charge in [0.05, 0.1) is 24.8 Å². The monoisotopic (exact) mass is 432 g/mol. The maximum atomic E-state index is 12.6. The average Bonchev–Trinajstić information content (AvgIpc) is 3.12. The summed E-state index contributed by atoms with van der Waals surface area (Å²) in [6.07, 6.45) is 4.93. The molecule has 2 aliphatic rings. The van der Waals surface area contributed by atoms with Crippen molar-refractivity contribution in [2.75, 3.05) is 6.61 Å². The van der Waals surface area contributed by atoms with Gasteiger partial charge in [-0.15, -0.1) is 0 Å². The zero-order valence-electron chi connectivity index (χ0n) is 17.9. The summed E-state index contributed by atoms with van der Waals surface area (Å²) in [5.74, 6) is -0.419. The van der Waals surface area contributed by atoms with E-state index in [1.54, 1.807) is 24.3 Å². The molecule has 4 N–H and O–H groups in total. The molecule has 31 heavy (non-hydrogen) atoms. The van der Waals surface area contributed by atoms with Crippen LogP contribution in [0.25, 0.3) is 0 Å². The summed E-state index contributed by atoms with van der Waals surface area (Å²) in [4.78, 5) is 48.5. The summed E-state index contributed by atoms with van der Waals surface area (Å²) in [6.45, 7) is 1.39. The minimum Gasteiger partial charge on any atom is -0.394 e. The molecule has 3 rings (SSSR count). The number of ketones is 2. The largest absolute Gasteiger partial charge is 0.394 e. The SMILES string of the molecule is CC(O)CO.O=C1CCCCC(C(=O)c2ccc(C(=O)C3CCCCC(=O)N3)cc2)N1. The van der Waals surface area contributed by atoms with Crippen molar-refractivity contribution in [3.63, 3.8) is 0 Å². The van der Waals surface area contributed by atoms with Gasteiger partial charge in [-0.2, -0.15) is 0 Å². The van der Waals surface area contributed by atoms with Gasteiger partial charge >= 0.3 is 0 Å². The summed E-state index contributed by atoms with van der Waals surface area (Å²) < 4.78 is 0. The van der Waals surface area contributed by atoms with E-state index in [2.05, 4.69) is 10.6 Å². The molecule has 2 aliphatic heterocycles. The lowest BCUT2D eigenvalue weighted by Gasteiger charge is -2.16. The molecule has 8 heteroatoms. The van der Waals surface area contributed by atoms with E-state index in [-0.39, 0.29) is 30.0 Å². The smallest absolute Gasteiger partial charge is 0.220 e. The Bertz CT molecular complexity index is 714. The van der Waals surface area contributed by atoms with E-state index in [0.29, 0.717) is 36.8 Å². The first-order valence-corrected chi connectivity index (χ1v) is 10.9. The fourth-order valence-electron chi connectivity index (χ4n) is 3.54. The molecule has 0 bridgehead atoms. The number of amides is 2. The lowest BCUT2D eigenvalue weighted by molar-refractivity contribution is -0.122. The predicted octanol–water partition coefficient (Wildman–Crippen LogP) is 1.53. The molecule has 3 unspecified atom stereocenters. The lowest BCUT2D eigenvalue weighted by Crippen LogP contribution is -2.39. The summed E-state index contributed by atoms with van der Waals surface area (Å²) in [6, 6.07) is 5.53. The van der Waals surface area contributed by atoms with Crippen molar-refractivity contribution >= 4 is 23.4 Å². The number of nitrogens with one attached hydrogen (secondary N) is 2. The van der Waals surface area contributed by atoms with Crippen molar-refractivity contribution in [1.82, 2.24) is 10.6 Å². The van der Waals surface area contributed by atoms with Crippen LogP contribution in [0.2, 0.25) is 0 Å². The molecule has 0 aromatic heterocycles. The zero-order chi connectivity index (χ0) is 22.8. The Labute approximate surface area is 182 Å². The number of hydrogen-bond donors (Lipinski definition) is 4. The van der Waals surface area contributed by atoms with Crippen molar-refractivity contribution in [1.29, 1.82) is 0 Å². The molecule has 0 aliphatic carbocycles. The van der Waals surface area contributed by atoms with Crippen molar-refractivity contribution in [2.45, 2.75) is 76.5 Å². The highest BCUT2D eigenvalue weighted by atomic mass is 16.3. The van der Waals surface area contributed by atoms with Gasteiger partial charge in [0.1, 0.15) is 0 Å². The van der Waals surface area contributed by atoms with E-state index in [1.807, 2.05) is 0 Å². The third kappa shape index (κ3) is 7.88. The molecule has 0 spiro atoms. The number of aliphatic hydroxyl groups is 2. The highest BCUT2D eigenvalue weighted by Gasteiger charge is 2.26. The van der Waals surface area contributed by atoms with E-state index in [9.17, 15) is 19.2 Å². The molecule has 2 fully saturated rings. The minimum absolute atomic E-state index is 0.0863. The number of hydrogen-bond acceptors (Lipinski definition) is 6. The summed E-state index contributed by atoms with van der Waals surface area (Å²) in [7, 11) is 0. The summed E-state index contributed by atoms with van der Waals surface area (Å²) in [5, 5.41) is 21.6. The Balaban J connectivity index is 0.000000614. The molecule has 2 saturated heterocycles. The standard InChI is InChI=1S/C20H24N2O4.C3H8O2/c23-17-7-3-1-5-15(21-17)19(25)13-9-11-14(12-10-13)20(26)16-6-2-4-8-18(24)22-16;1-3(5)2-4/h9-12,15-16H,1-8H2,(H,21,23)(H,22,24);3-5H,2H2,1H3. The van der Waals surface area contributed by atoms with Crippen LogP contribution in [0.3, 0.4) is 0 Å². The van der Waals surface area contributed by atoms with Crippen LogP contribution in [0.1, 0.15) is 79.0 Å². The van der Waals surface area contributed by atoms with Crippen molar-refractivity contribution < 1.29 is 29.4 Å². The van der Waals surface area contributed by atoms with E-state index in [1.165, 1.54) is 6.92 Å². The van der Waals surface area contributed by atoms with E-state index in [0.717, 1.165) is 25.7 Å². The molecule has 2 amide bonds. The van der Waals surface area contributed by atoms with E-state index >= 15 is 0 Å². The van der Waals surface area contributed by atoms with Crippen molar-refractivity contribution in [3.8, 4) is 0 Å². The Morgan fingerprint density at radius 3 is 1.55 bits per heavy atom. The number of rotatable bonds is 5. The zero-order valence-corrected chi connectivity index (χ0v) is 17.9. The maximum Gasteiger partial charge on any atom is 0.220 e. The highest BCUT2D eigenvalue weighted by molar-refractivity contribution is 6.05. The second kappa shape index (κ2) is 12.3. The van der Waals surface area contributed by atoms with Crippen LogP contribution in [0, 0.1) is 0 Å². The van der Waals surface area contributed by atoms with Gasteiger partial charge in [0.2, 0.25) is 11.8 Å². The molecule has 170 valence electrons. The Kier molecular flexibility index (Phi) is 9.81. The molecule has 2 heterocycles. The quantitative estimate of drug-likeness (QED) is 0.522. The average molecular weight is 433 g/mol. The molecule has 1 aromatic rings. The normalized spacial score (nSPS) is 22.5. The van der Waals surface area contributed by atoms with Gasteiger partial charge in [-0.3, -0.25) is 19.2 Å². The predicted molar refractivity (Wildman–Crippen MR) is 115 cm³/mol. The maximum absolute atomic E-state index is 12.6. The van der Waals surface area contributed by atoms with Gasteiger partial charge in [-0.05, 0) is 32.6 Å². The van der Waals surface area contributed by atoms with Crippen LogP contribution in [0.5, 0.6) is 0 Å². The number of Topliss-reactive ketones (excluding diaryl/α,β-unsaturated/α-hetero) is 2.